The van der Waals surface area contributed by atoms with Crippen molar-refractivity contribution >= 4 is 23.5 Å². The molecule has 140 valence electrons. The quantitative estimate of drug-likeness (QED) is 0.566. The smallest absolute Gasteiger partial charge is 0.251 e. The number of carbonyl (C=O) groups is 1. The molecule has 1 N–H and O–H groups in total. The standard InChI is InChI=1S/C19H27N5OS/c1-14-12-17(24(4)5)22-19(21-14)26-13-15-6-8-16(9-7-15)18(25)20-10-11-23(2)3/h6-9,12H,10-11,13H2,1-5H3,(H,20,25). The maximum Gasteiger partial charge on any atom is 0.251 e. The summed E-state index contributed by atoms with van der Waals surface area (Å²) in [5.74, 6) is 1.63. The average molecular weight is 374 g/mol. The molecule has 0 aliphatic carbocycles. The number of rotatable bonds is 8. The van der Waals surface area contributed by atoms with Crippen LogP contribution in [0.3, 0.4) is 0 Å². The molecule has 2 aromatic rings. The van der Waals surface area contributed by atoms with Crippen molar-refractivity contribution in [2.75, 3.05) is 46.2 Å². The number of benzene rings is 1. The van der Waals surface area contributed by atoms with E-state index in [0.29, 0.717) is 12.1 Å². The largest absolute Gasteiger partial charge is 0.363 e. The lowest BCUT2D eigenvalue weighted by atomic mass is 10.1. The van der Waals surface area contributed by atoms with Gasteiger partial charge in [0.1, 0.15) is 5.82 Å². The van der Waals surface area contributed by atoms with Crippen LogP contribution in [0.1, 0.15) is 21.6 Å². The molecule has 0 saturated carbocycles. The lowest BCUT2D eigenvalue weighted by Gasteiger charge is -2.13. The van der Waals surface area contributed by atoms with Gasteiger partial charge in [-0.2, -0.15) is 0 Å². The SMILES string of the molecule is Cc1cc(N(C)C)nc(SCc2ccc(C(=O)NCCN(C)C)cc2)n1. The Balaban J connectivity index is 1.92. The molecule has 0 aliphatic heterocycles. The topological polar surface area (TPSA) is 61.4 Å². The number of amides is 1. The van der Waals surface area contributed by atoms with E-state index in [4.69, 9.17) is 0 Å². The van der Waals surface area contributed by atoms with Crippen LogP contribution in [0.25, 0.3) is 0 Å². The van der Waals surface area contributed by atoms with Crippen molar-refractivity contribution in [2.45, 2.75) is 17.8 Å². The Morgan fingerprint density at radius 1 is 1.12 bits per heavy atom. The Labute approximate surface area is 160 Å². The van der Waals surface area contributed by atoms with Gasteiger partial charge >= 0.3 is 0 Å². The number of aryl methyl sites for hydroxylation is 1. The molecule has 1 heterocycles. The van der Waals surface area contributed by atoms with Gasteiger partial charge in [0.2, 0.25) is 0 Å². The second kappa shape index (κ2) is 9.54. The molecule has 1 aromatic heterocycles. The number of hydrogen-bond acceptors (Lipinski definition) is 6. The summed E-state index contributed by atoms with van der Waals surface area (Å²) in [5, 5.41) is 3.68. The lowest BCUT2D eigenvalue weighted by molar-refractivity contribution is 0.0951. The second-order valence-corrected chi connectivity index (χ2v) is 7.53. The van der Waals surface area contributed by atoms with E-state index in [1.807, 2.05) is 75.2 Å². The van der Waals surface area contributed by atoms with Crippen molar-refractivity contribution < 1.29 is 4.79 Å². The number of anilines is 1. The number of nitrogens with one attached hydrogen (secondary N) is 1. The maximum atomic E-state index is 12.1. The molecule has 0 bridgehead atoms. The molecular formula is C19H27N5OS. The normalized spacial score (nSPS) is 10.8. The number of hydrogen-bond donors (Lipinski definition) is 1. The lowest BCUT2D eigenvalue weighted by Crippen LogP contribution is -2.31. The molecule has 0 radical (unpaired) electrons. The summed E-state index contributed by atoms with van der Waals surface area (Å²) in [5.41, 5.74) is 2.77. The van der Waals surface area contributed by atoms with Gasteiger partial charge in [0, 0.05) is 50.3 Å². The summed E-state index contributed by atoms with van der Waals surface area (Å²) in [6, 6.07) is 9.66. The van der Waals surface area contributed by atoms with Gasteiger partial charge in [-0.15, -0.1) is 0 Å². The van der Waals surface area contributed by atoms with Crippen LogP contribution in [-0.4, -0.2) is 62.1 Å². The Morgan fingerprint density at radius 2 is 1.81 bits per heavy atom. The van der Waals surface area contributed by atoms with Gasteiger partial charge in [-0.05, 0) is 38.7 Å². The van der Waals surface area contributed by atoms with Gasteiger partial charge in [0.05, 0.1) is 0 Å². The van der Waals surface area contributed by atoms with Crippen molar-refractivity contribution in [3.63, 3.8) is 0 Å². The molecule has 0 spiro atoms. The third-order valence-corrected chi connectivity index (χ3v) is 4.63. The van der Waals surface area contributed by atoms with Crippen LogP contribution in [0.4, 0.5) is 5.82 Å². The number of carbonyl (C=O) groups excluding carboxylic acids is 1. The molecule has 0 fully saturated rings. The maximum absolute atomic E-state index is 12.1. The Kier molecular flexibility index (Phi) is 7.41. The molecule has 0 atom stereocenters. The van der Waals surface area contributed by atoms with Crippen molar-refractivity contribution in [3.05, 3.63) is 47.2 Å². The minimum Gasteiger partial charge on any atom is -0.363 e. The van der Waals surface area contributed by atoms with E-state index in [2.05, 4.69) is 15.3 Å². The summed E-state index contributed by atoms with van der Waals surface area (Å²) in [6.45, 7) is 3.44. The number of thioether (sulfide) groups is 1. The van der Waals surface area contributed by atoms with Crippen LogP contribution < -0.4 is 10.2 Å². The average Bonchev–Trinajstić information content (AvgIpc) is 2.59. The Morgan fingerprint density at radius 3 is 2.42 bits per heavy atom. The van der Waals surface area contributed by atoms with Gasteiger partial charge in [0.15, 0.2) is 5.16 Å². The fourth-order valence-corrected chi connectivity index (χ4v) is 3.07. The van der Waals surface area contributed by atoms with E-state index in [1.165, 1.54) is 0 Å². The van der Waals surface area contributed by atoms with E-state index in [9.17, 15) is 4.79 Å². The summed E-state index contributed by atoms with van der Waals surface area (Å²) in [6.07, 6.45) is 0. The fourth-order valence-electron chi connectivity index (χ4n) is 2.21. The predicted molar refractivity (Wildman–Crippen MR) is 108 cm³/mol. The van der Waals surface area contributed by atoms with E-state index in [-0.39, 0.29) is 5.91 Å². The van der Waals surface area contributed by atoms with Crippen LogP contribution in [0, 0.1) is 6.92 Å². The minimum absolute atomic E-state index is 0.0382. The number of nitrogens with zero attached hydrogens (tertiary/aromatic N) is 4. The van der Waals surface area contributed by atoms with Gasteiger partial charge in [-0.3, -0.25) is 4.79 Å². The number of likely N-dealkylation sites (N-methyl/N-ethyl adjacent to an activating group) is 1. The molecule has 0 saturated heterocycles. The molecular weight excluding hydrogens is 346 g/mol. The van der Waals surface area contributed by atoms with Crippen LogP contribution in [0.2, 0.25) is 0 Å². The summed E-state index contributed by atoms with van der Waals surface area (Å²) in [7, 11) is 7.91. The summed E-state index contributed by atoms with van der Waals surface area (Å²) >= 11 is 1.60. The Hall–Kier alpha value is -2.12. The first kappa shape index (κ1) is 20.2. The molecule has 1 aromatic carbocycles. The predicted octanol–water partition coefficient (Wildman–Crippen LogP) is 2.43. The van der Waals surface area contributed by atoms with E-state index in [1.54, 1.807) is 11.8 Å². The first-order valence-corrected chi connectivity index (χ1v) is 9.51. The molecule has 6 nitrogen and oxygen atoms in total. The highest BCUT2D eigenvalue weighted by molar-refractivity contribution is 7.98. The molecule has 0 aliphatic rings. The highest BCUT2D eigenvalue weighted by Gasteiger charge is 2.07. The van der Waals surface area contributed by atoms with Crippen LogP contribution in [0.15, 0.2) is 35.5 Å². The first-order chi connectivity index (χ1) is 12.3. The highest BCUT2D eigenvalue weighted by atomic mass is 32.2. The van der Waals surface area contributed by atoms with Crippen molar-refractivity contribution in [3.8, 4) is 0 Å². The molecule has 7 heteroatoms. The third-order valence-electron chi connectivity index (χ3n) is 3.71. The van der Waals surface area contributed by atoms with Crippen LogP contribution in [0.5, 0.6) is 0 Å². The number of aromatic nitrogens is 2. The van der Waals surface area contributed by atoms with E-state index in [0.717, 1.165) is 34.5 Å². The zero-order valence-electron chi connectivity index (χ0n) is 16.1. The minimum atomic E-state index is -0.0382. The van der Waals surface area contributed by atoms with Crippen molar-refractivity contribution in [1.29, 1.82) is 0 Å². The molecule has 1 amide bonds. The van der Waals surface area contributed by atoms with Gasteiger partial charge in [-0.25, -0.2) is 9.97 Å². The van der Waals surface area contributed by atoms with Crippen molar-refractivity contribution in [2.24, 2.45) is 0 Å². The molecule has 26 heavy (non-hydrogen) atoms. The van der Waals surface area contributed by atoms with Gasteiger partial charge < -0.3 is 15.1 Å². The van der Waals surface area contributed by atoms with E-state index < -0.39 is 0 Å². The van der Waals surface area contributed by atoms with Crippen LogP contribution >= 0.6 is 11.8 Å². The fraction of sp³-hybridized carbons (Fsp3) is 0.421. The van der Waals surface area contributed by atoms with Gasteiger partial charge in [0.25, 0.3) is 5.91 Å². The summed E-state index contributed by atoms with van der Waals surface area (Å²) in [4.78, 5) is 25.1. The Bertz CT molecular complexity index is 731. The van der Waals surface area contributed by atoms with Gasteiger partial charge in [-0.1, -0.05) is 23.9 Å². The highest BCUT2D eigenvalue weighted by Crippen LogP contribution is 2.22. The monoisotopic (exact) mass is 373 g/mol. The molecule has 0 unspecified atom stereocenters. The summed E-state index contributed by atoms with van der Waals surface area (Å²) < 4.78 is 0. The first-order valence-electron chi connectivity index (χ1n) is 8.53. The third kappa shape index (κ3) is 6.31. The zero-order valence-corrected chi connectivity index (χ0v) is 16.9. The van der Waals surface area contributed by atoms with Crippen LogP contribution in [-0.2, 0) is 5.75 Å². The molecule has 2 rings (SSSR count). The van der Waals surface area contributed by atoms with E-state index >= 15 is 0 Å². The second-order valence-electron chi connectivity index (χ2n) is 6.59. The van der Waals surface area contributed by atoms with Crippen molar-refractivity contribution in [1.82, 2.24) is 20.2 Å². The zero-order chi connectivity index (χ0) is 19.1.